The predicted molar refractivity (Wildman–Crippen MR) is 53.9 cm³/mol. The normalized spacial score (nSPS) is 26.7. The van der Waals surface area contributed by atoms with E-state index in [1.54, 1.807) is 19.1 Å². The standard InChI is InChI=1S/C10H17N3O2.ClH/c1-11(2)13-9(14)7-8(10(13)15)12-5-3-4-6-12;/h8H,3-7H2,1-2H3;1H. The maximum absolute atomic E-state index is 12.0. The molecule has 92 valence electrons. The lowest BCUT2D eigenvalue weighted by Gasteiger charge is -2.23. The number of nitrogens with one attached hydrogen (secondary N) is 1. The average Bonchev–Trinajstić information content (AvgIpc) is 2.72. The van der Waals surface area contributed by atoms with E-state index in [1.807, 2.05) is 0 Å². The van der Waals surface area contributed by atoms with E-state index in [-0.39, 0.29) is 30.3 Å². The quantitative estimate of drug-likeness (QED) is 0.499. The SMILES string of the molecule is CN(C)N1C(=O)CC([NH+]2CCCC2)C1=O.[Cl-]. The first-order chi connectivity index (χ1) is 7.11. The van der Waals surface area contributed by atoms with E-state index in [0.29, 0.717) is 6.42 Å². The highest BCUT2D eigenvalue weighted by atomic mass is 35.5. The molecule has 2 aliphatic rings. The van der Waals surface area contributed by atoms with Gasteiger partial charge in [-0.2, -0.15) is 0 Å². The number of quaternary nitrogens is 1. The first-order valence-electron chi connectivity index (χ1n) is 5.50. The molecule has 2 aliphatic heterocycles. The van der Waals surface area contributed by atoms with Gasteiger partial charge in [-0.15, -0.1) is 0 Å². The van der Waals surface area contributed by atoms with Gasteiger partial charge >= 0.3 is 5.91 Å². The van der Waals surface area contributed by atoms with E-state index in [0.717, 1.165) is 13.1 Å². The molecule has 1 unspecified atom stereocenters. The number of nitrogens with zero attached hydrogens (tertiary/aromatic N) is 2. The molecule has 0 aromatic carbocycles. The molecule has 0 saturated carbocycles. The molecule has 2 heterocycles. The van der Waals surface area contributed by atoms with Crippen LogP contribution < -0.4 is 17.3 Å². The lowest BCUT2D eigenvalue weighted by Crippen LogP contribution is -3.14. The molecule has 0 spiro atoms. The summed E-state index contributed by atoms with van der Waals surface area (Å²) >= 11 is 0. The summed E-state index contributed by atoms with van der Waals surface area (Å²) in [5, 5.41) is 2.86. The Morgan fingerprint density at radius 1 is 1.25 bits per heavy atom. The second kappa shape index (κ2) is 5.12. The van der Waals surface area contributed by atoms with Crippen LogP contribution in [0.5, 0.6) is 0 Å². The van der Waals surface area contributed by atoms with Crippen LogP contribution in [0, 0.1) is 0 Å². The first kappa shape index (κ1) is 13.4. The molecule has 0 radical (unpaired) electrons. The van der Waals surface area contributed by atoms with Crippen molar-refractivity contribution in [3.63, 3.8) is 0 Å². The van der Waals surface area contributed by atoms with Crippen molar-refractivity contribution in [2.75, 3.05) is 27.2 Å². The molecule has 0 aliphatic carbocycles. The van der Waals surface area contributed by atoms with Crippen LogP contribution >= 0.6 is 0 Å². The largest absolute Gasteiger partial charge is 1.00 e. The zero-order chi connectivity index (χ0) is 11.0. The molecule has 0 aromatic heterocycles. The number of likely N-dealkylation sites (tertiary alicyclic amines) is 1. The van der Waals surface area contributed by atoms with E-state index in [1.165, 1.54) is 22.8 Å². The molecule has 1 atom stereocenters. The van der Waals surface area contributed by atoms with E-state index in [9.17, 15) is 9.59 Å². The maximum atomic E-state index is 12.0. The molecule has 0 bridgehead atoms. The molecule has 2 rings (SSSR count). The average molecular weight is 248 g/mol. The number of imide groups is 1. The van der Waals surface area contributed by atoms with Gasteiger partial charge in [-0.05, 0) is 0 Å². The van der Waals surface area contributed by atoms with Crippen LogP contribution in [0.2, 0.25) is 0 Å². The predicted octanol–water partition coefficient (Wildman–Crippen LogP) is -4.73. The van der Waals surface area contributed by atoms with Crippen molar-refractivity contribution in [2.45, 2.75) is 25.3 Å². The number of rotatable bonds is 2. The van der Waals surface area contributed by atoms with Crippen molar-refractivity contribution >= 4 is 11.8 Å². The number of carbonyl (C=O) groups is 2. The second-order valence-corrected chi connectivity index (χ2v) is 4.51. The van der Waals surface area contributed by atoms with Crippen molar-refractivity contribution in [2.24, 2.45) is 0 Å². The van der Waals surface area contributed by atoms with Crippen LogP contribution in [0.1, 0.15) is 19.3 Å². The van der Waals surface area contributed by atoms with Gasteiger partial charge < -0.3 is 17.3 Å². The Hall–Kier alpha value is -0.650. The van der Waals surface area contributed by atoms with E-state index < -0.39 is 0 Å². The van der Waals surface area contributed by atoms with Gasteiger partial charge in [-0.3, -0.25) is 9.59 Å². The number of carbonyl (C=O) groups excluding carboxylic acids is 2. The molecular formula is C10H18ClN3O2. The zero-order valence-electron chi connectivity index (χ0n) is 9.70. The Morgan fingerprint density at radius 3 is 2.25 bits per heavy atom. The molecule has 6 heteroatoms. The minimum Gasteiger partial charge on any atom is -1.00 e. The lowest BCUT2D eigenvalue weighted by molar-refractivity contribution is -0.902. The summed E-state index contributed by atoms with van der Waals surface area (Å²) in [5.41, 5.74) is 0. The summed E-state index contributed by atoms with van der Waals surface area (Å²) in [6.07, 6.45) is 2.73. The van der Waals surface area contributed by atoms with Crippen molar-refractivity contribution in [1.82, 2.24) is 10.0 Å². The Bertz CT molecular complexity index is 290. The summed E-state index contributed by atoms with van der Waals surface area (Å²) in [6, 6.07) is -0.123. The number of amides is 2. The van der Waals surface area contributed by atoms with Gasteiger partial charge in [0.15, 0.2) is 6.04 Å². The van der Waals surface area contributed by atoms with E-state index in [4.69, 9.17) is 0 Å². The topological polar surface area (TPSA) is 45.1 Å². The van der Waals surface area contributed by atoms with Crippen molar-refractivity contribution in [3.05, 3.63) is 0 Å². The van der Waals surface area contributed by atoms with Gasteiger partial charge in [0, 0.05) is 26.9 Å². The fourth-order valence-electron chi connectivity index (χ4n) is 2.54. The van der Waals surface area contributed by atoms with Crippen LogP contribution in [0.4, 0.5) is 0 Å². The van der Waals surface area contributed by atoms with Gasteiger partial charge in [-0.1, -0.05) is 0 Å². The van der Waals surface area contributed by atoms with Crippen LogP contribution in [0.3, 0.4) is 0 Å². The fraction of sp³-hybridized carbons (Fsp3) is 0.800. The van der Waals surface area contributed by atoms with Gasteiger partial charge in [0.05, 0.1) is 19.5 Å². The van der Waals surface area contributed by atoms with Crippen LogP contribution in [-0.4, -0.2) is 55.1 Å². The molecular weight excluding hydrogens is 230 g/mol. The highest BCUT2D eigenvalue weighted by molar-refractivity contribution is 6.04. The van der Waals surface area contributed by atoms with Crippen LogP contribution in [0.15, 0.2) is 0 Å². The Morgan fingerprint density at radius 2 is 1.81 bits per heavy atom. The smallest absolute Gasteiger partial charge is 0.302 e. The molecule has 2 amide bonds. The Balaban J connectivity index is 0.00000128. The third-order valence-electron chi connectivity index (χ3n) is 3.26. The third-order valence-corrected chi connectivity index (χ3v) is 3.26. The number of hydrazine groups is 1. The van der Waals surface area contributed by atoms with Gasteiger partial charge in [0.25, 0.3) is 5.91 Å². The summed E-state index contributed by atoms with van der Waals surface area (Å²) in [7, 11) is 3.47. The van der Waals surface area contributed by atoms with Gasteiger partial charge in [0.1, 0.15) is 0 Å². The molecule has 5 nitrogen and oxygen atoms in total. The summed E-state index contributed by atoms with van der Waals surface area (Å²) in [4.78, 5) is 24.9. The van der Waals surface area contributed by atoms with Crippen molar-refractivity contribution in [1.29, 1.82) is 0 Å². The molecule has 1 N–H and O–H groups in total. The monoisotopic (exact) mass is 247 g/mol. The molecule has 16 heavy (non-hydrogen) atoms. The number of halogens is 1. The minimum absolute atomic E-state index is 0. The maximum Gasteiger partial charge on any atom is 0.302 e. The second-order valence-electron chi connectivity index (χ2n) is 4.51. The van der Waals surface area contributed by atoms with Gasteiger partial charge in [0.2, 0.25) is 0 Å². The van der Waals surface area contributed by atoms with Crippen LogP contribution in [-0.2, 0) is 9.59 Å². The van der Waals surface area contributed by atoms with Crippen molar-refractivity contribution in [3.8, 4) is 0 Å². The summed E-state index contributed by atoms with van der Waals surface area (Å²) in [6.45, 7) is 2.07. The highest BCUT2D eigenvalue weighted by Crippen LogP contribution is 2.12. The van der Waals surface area contributed by atoms with E-state index in [2.05, 4.69) is 0 Å². The highest BCUT2D eigenvalue weighted by Gasteiger charge is 2.46. The van der Waals surface area contributed by atoms with Gasteiger partial charge in [-0.25, -0.2) is 10.0 Å². The van der Waals surface area contributed by atoms with Crippen LogP contribution in [0.25, 0.3) is 0 Å². The first-order valence-corrected chi connectivity index (χ1v) is 5.50. The number of hydrogen-bond acceptors (Lipinski definition) is 3. The zero-order valence-corrected chi connectivity index (χ0v) is 10.5. The molecule has 2 fully saturated rings. The summed E-state index contributed by atoms with van der Waals surface area (Å²) < 4.78 is 0. The number of hydrogen-bond donors (Lipinski definition) is 1. The Kier molecular flexibility index (Phi) is 4.29. The Labute approximate surface area is 102 Å². The summed E-state index contributed by atoms with van der Waals surface area (Å²) in [5.74, 6) is -0.0868. The molecule has 2 saturated heterocycles. The lowest BCUT2D eigenvalue weighted by atomic mass is 10.2. The molecule has 0 aromatic rings. The third kappa shape index (κ3) is 2.21. The van der Waals surface area contributed by atoms with E-state index >= 15 is 0 Å². The fourth-order valence-corrected chi connectivity index (χ4v) is 2.54. The minimum atomic E-state index is -0.123. The van der Waals surface area contributed by atoms with Crippen molar-refractivity contribution < 1.29 is 26.9 Å².